The molecule has 0 radical (unpaired) electrons. The van der Waals surface area contributed by atoms with E-state index in [-0.39, 0.29) is 11.0 Å². The van der Waals surface area contributed by atoms with Crippen molar-refractivity contribution in [3.8, 4) is 5.75 Å². The van der Waals surface area contributed by atoms with Crippen LogP contribution in [0, 0.1) is 5.92 Å². The number of carbonyl (C=O) groups is 1. The number of tetrazole rings is 1. The Hall–Kier alpha value is -2.55. The maximum absolute atomic E-state index is 12.2. The van der Waals surface area contributed by atoms with Crippen molar-refractivity contribution in [2.75, 3.05) is 11.9 Å². The molecular weight excluding hydrogens is 340 g/mol. The van der Waals surface area contributed by atoms with Gasteiger partial charge in [-0.3, -0.25) is 15.4 Å². The van der Waals surface area contributed by atoms with Crippen LogP contribution in [0.2, 0.25) is 0 Å². The van der Waals surface area contributed by atoms with E-state index in [0.717, 1.165) is 12.2 Å². The second kappa shape index (κ2) is 9.07. The molecule has 0 atom stereocenters. The highest BCUT2D eigenvalue weighted by atomic mass is 32.1. The Balaban J connectivity index is 1.90. The Bertz CT molecular complexity index is 714. The highest BCUT2D eigenvalue weighted by Crippen LogP contribution is 2.13. The number of hydrogen-bond donors (Lipinski definition) is 2. The number of hydrogen-bond acceptors (Lipinski definition) is 6. The minimum Gasteiger partial charge on any atom is -0.493 e. The minimum atomic E-state index is -0.317. The van der Waals surface area contributed by atoms with Crippen LogP contribution in [-0.4, -0.2) is 37.8 Å². The van der Waals surface area contributed by atoms with Gasteiger partial charge in [0.1, 0.15) is 5.75 Å². The number of carbonyl (C=O) groups excluding carboxylic acids is 1. The Labute approximate surface area is 151 Å². The van der Waals surface area contributed by atoms with Crippen molar-refractivity contribution in [1.82, 2.24) is 25.5 Å². The molecule has 9 heteroatoms. The molecule has 0 aliphatic carbocycles. The van der Waals surface area contributed by atoms with Crippen LogP contribution in [-0.2, 0) is 6.54 Å². The lowest BCUT2D eigenvalue weighted by molar-refractivity contribution is 0.0977. The van der Waals surface area contributed by atoms with Gasteiger partial charge in [-0.05, 0) is 59.2 Å². The number of benzene rings is 1. The maximum atomic E-state index is 12.2. The van der Waals surface area contributed by atoms with E-state index >= 15 is 0 Å². The van der Waals surface area contributed by atoms with Crippen molar-refractivity contribution < 1.29 is 9.53 Å². The number of anilines is 1. The molecule has 8 nitrogen and oxygen atoms in total. The first-order valence-electron chi connectivity index (χ1n) is 8.11. The van der Waals surface area contributed by atoms with E-state index < -0.39 is 0 Å². The number of nitrogens with one attached hydrogen (secondary N) is 2. The van der Waals surface area contributed by atoms with Crippen molar-refractivity contribution in [3.05, 3.63) is 29.8 Å². The first kappa shape index (κ1) is 18.8. The standard InChI is InChI=1S/C16H22N6O2S/c1-4-9-22-15(19-20-21-22)18-16(25)17-14(23)12-5-7-13(8-6-12)24-10-11(2)3/h5-8,11H,4,9-10H2,1-3H3,(H2,17,18,19,21,23,25). The predicted octanol–water partition coefficient (Wildman–Crippen LogP) is 2.24. The van der Waals surface area contributed by atoms with E-state index in [1.807, 2.05) is 6.92 Å². The van der Waals surface area contributed by atoms with Gasteiger partial charge in [-0.1, -0.05) is 25.9 Å². The largest absolute Gasteiger partial charge is 0.493 e. The third-order valence-corrected chi connectivity index (χ3v) is 3.32. The predicted molar refractivity (Wildman–Crippen MR) is 98.6 cm³/mol. The summed E-state index contributed by atoms with van der Waals surface area (Å²) in [6, 6.07) is 6.90. The van der Waals surface area contributed by atoms with Gasteiger partial charge in [0.15, 0.2) is 5.11 Å². The van der Waals surface area contributed by atoms with Gasteiger partial charge in [-0.15, -0.1) is 0 Å². The summed E-state index contributed by atoms with van der Waals surface area (Å²) in [6.45, 7) is 7.45. The third kappa shape index (κ3) is 5.79. The van der Waals surface area contributed by atoms with Gasteiger partial charge in [0, 0.05) is 12.1 Å². The van der Waals surface area contributed by atoms with Gasteiger partial charge in [-0.25, -0.2) is 4.68 Å². The smallest absolute Gasteiger partial charge is 0.257 e. The highest BCUT2D eigenvalue weighted by molar-refractivity contribution is 7.80. The van der Waals surface area contributed by atoms with Crippen LogP contribution < -0.4 is 15.4 Å². The number of rotatable bonds is 7. The summed E-state index contributed by atoms with van der Waals surface area (Å²) < 4.78 is 7.18. The van der Waals surface area contributed by atoms with Gasteiger partial charge >= 0.3 is 0 Å². The molecule has 0 aliphatic rings. The van der Waals surface area contributed by atoms with E-state index in [9.17, 15) is 4.79 Å². The number of aromatic nitrogens is 4. The number of ether oxygens (including phenoxy) is 1. The second-order valence-corrected chi connectivity index (χ2v) is 6.27. The number of amides is 1. The molecule has 2 N–H and O–H groups in total. The molecule has 25 heavy (non-hydrogen) atoms. The molecule has 0 bridgehead atoms. The normalized spacial score (nSPS) is 10.6. The Morgan fingerprint density at radius 2 is 2.04 bits per heavy atom. The lowest BCUT2D eigenvalue weighted by Gasteiger charge is -2.10. The molecule has 0 fully saturated rings. The molecule has 134 valence electrons. The van der Waals surface area contributed by atoms with Crippen LogP contribution in [0.25, 0.3) is 0 Å². The Morgan fingerprint density at radius 1 is 1.32 bits per heavy atom. The molecule has 1 heterocycles. The van der Waals surface area contributed by atoms with Crippen molar-refractivity contribution >= 4 is 29.2 Å². The summed E-state index contributed by atoms with van der Waals surface area (Å²) in [6.07, 6.45) is 0.879. The van der Waals surface area contributed by atoms with Crippen LogP contribution >= 0.6 is 12.2 Å². The molecule has 1 aromatic heterocycles. The van der Waals surface area contributed by atoms with Crippen molar-refractivity contribution in [2.24, 2.45) is 5.92 Å². The van der Waals surface area contributed by atoms with E-state index in [4.69, 9.17) is 17.0 Å². The molecule has 0 saturated heterocycles. The molecule has 2 aromatic rings. The molecule has 0 aliphatic heterocycles. The van der Waals surface area contributed by atoms with Gasteiger partial charge in [0.2, 0.25) is 5.95 Å². The number of nitrogens with zero attached hydrogens (tertiary/aromatic N) is 4. The quantitative estimate of drug-likeness (QED) is 0.730. The van der Waals surface area contributed by atoms with Gasteiger partial charge < -0.3 is 4.74 Å². The van der Waals surface area contributed by atoms with E-state index in [1.54, 1.807) is 28.9 Å². The van der Waals surface area contributed by atoms with Crippen LogP contribution in [0.3, 0.4) is 0 Å². The molecule has 1 aromatic carbocycles. The van der Waals surface area contributed by atoms with Crippen LogP contribution in [0.5, 0.6) is 5.75 Å². The van der Waals surface area contributed by atoms with E-state index in [2.05, 4.69) is 40.0 Å². The van der Waals surface area contributed by atoms with E-state index in [1.165, 1.54) is 0 Å². The molecule has 0 spiro atoms. The molecule has 0 unspecified atom stereocenters. The van der Waals surface area contributed by atoms with Crippen molar-refractivity contribution in [1.29, 1.82) is 0 Å². The lowest BCUT2D eigenvalue weighted by atomic mass is 10.2. The summed E-state index contributed by atoms with van der Waals surface area (Å²) >= 11 is 5.14. The van der Waals surface area contributed by atoms with E-state index in [0.29, 0.717) is 30.6 Å². The molecule has 0 saturated carbocycles. The SMILES string of the molecule is CCCn1nnnc1NC(=S)NC(=O)c1ccc(OCC(C)C)cc1. The zero-order chi connectivity index (χ0) is 18.2. The molecular formula is C16H22N6O2S. The average molecular weight is 362 g/mol. The van der Waals surface area contributed by atoms with Crippen LogP contribution in [0.4, 0.5) is 5.95 Å². The Kier molecular flexibility index (Phi) is 6.81. The fourth-order valence-corrected chi connectivity index (χ4v) is 2.11. The zero-order valence-corrected chi connectivity index (χ0v) is 15.3. The van der Waals surface area contributed by atoms with Crippen molar-refractivity contribution in [3.63, 3.8) is 0 Å². The lowest BCUT2D eigenvalue weighted by Crippen LogP contribution is -2.35. The fourth-order valence-electron chi connectivity index (χ4n) is 1.93. The van der Waals surface area contributed by atoms with Crippen LogP contribution in [0.1, 0.15) is 37.6 Å². The zero-order valence-electron chi connectivity index (χ0n) is 14.5. The first-order valence-corrected chi connectivity index (χ1v) is 8.51. The van der Waals surface area contributed by atoms with Crippen molar-refractivity contribution in [2.45, 2.75) is 33.7 Å². The first-order chi connectivity index (χ1) is 12.0. The molecule has 2 rings (SSSR count). The second-order valence-electron chi connectivity index (χ2n) is 5.86. The summed E-state index contributed by atoms with van der Waals surface area (Å²) in [5.74, 6) is 1.24. The van der Waals surface area contributed by atoms with Gasteiger partial charge in [0.05, 0.1) is 6.61 Å². The minimum absolute atomic E-state index is 0.136. The maximum Gasteiger partial charge on any atom is 0.257 e. The summed E-state index contributed by atoms with van der Waals surface area (Å²) in [5, 5.41) is 16.8. The van der Waals surface area contributed by atoms with Gasteiger partial charge in [0.25, 0.3) is 5.91 Å². The van der Waals surface area contributed by atoms with Crippen LogP contribution in [0.15, 0.2) is 24.3 Å². The highest BCUT2D eigenvalue weighted by Gasteiger charge is 2.11. The fraction of sp³-hybridized carbons (Fsp3) is 0.438. The topological polar surface area (TPSA) is 94.0 Å². The average Bonchev–Trinajstić information content (AvgIpc) is 3.00. The summed E-state index contributed by atoms with van der Waals surface area (Å²) in [7, 11) is 0. The summed E-state index contributed by atoms with van der Waals surface area (Å²) in [4.78, 5) is 12.2. The number of thiocarbonyl (C=S) groups is 1. The third-order valence-electron chi connectivity index (χ3n) is 3.12. The number of aryl methyl sites for hydroxylation is 1. The monoisotopic (exact) mass is 362 g/mol. The summed E-state index contributed by atoms with van der Waals surface area (Å²) in [5.41, 5.74) is 0.481. The Morgan fingerprint density at radius 3 is 2.68 bits per heavy atom. The molecule has 1 amide bonds. The van der Waals surface area contributed by atoms with Gasteiger partial charge in [-0.2, -0.15) is 0 Å².